The van der Waals surface area contributed by atoms with E-state index in [-0.39, 0.29) is 16.3 Å². The number of alkyl halides is 3. The minimum absolute atomic E-state index is 0.0668. The van der Waals surface area contributed by atoms with Gasteiger partial charge in [-0.15, -0.1) is 0 Å². The summed E-state index contributed by atoms with van der Waals surface area (Å²) in [6.07, 6.45) is -4.69. The molecule has 0 aliphatic carbocycles. The second kappa shape index (κ2) is 7.85. The molecule has 6 nitrogen and oxygen atoms in total. The van der Waals surface area contributed by atoms with Crippen LogP contribution in [0.3, 0.4) is 0 Å². The number of amides is 2. The van der Waals surface area contributed by atoms with Crippen LogP contribution in [0.5, 0.6) is 0 Å². The molecule has 0 bridgehead atoms. The highest BCUT2D eigenvalue weighted by atomic mass is 32.2. The Morgan fingerprint density at radius 2 is 1.71 bits per heavy atom. The van der Waals surface area contributed by atoms with Gasteiger partial charge in [-0.2, -0.15) is 13.2 Å². The number of carbonyl (C=O) groups is 2. The molecule has 144 valence electrons. The van der Waals surface area contributed by atoms with Crippen molar-refractivity contribution < 1.29 is 22.8 Å². The van der Waals surface area contributed by atoms with E-state index in [4.69, 9.17) is 5.73 Å². The average Bonchev–Trinajstić information content (AvgIpc) is 2.65. The van der Waals surface area contributed by atoms with Gasteiger partial charge in [-0.1, -0.05) is 30.0 Å². The zero-order valence-electron chi connectivity index (χ0n) is 14.2. The van der Waals surface area contributed by atoms with E-state index in [9.17, 15) is 22.8 Å². The zero-order valence-corrected chi connectivity index (χ0v) is 15.0. The molecule has 2 amide bonds. The Hall–Kier alpha value is -3.14. The summed E-state index contributed by atoms with van der Waals surface area (Å²) in [5.41, 5.74) is 6.01. The fourth-order valence-corrected chi connectivity index (χ4v) is 3.15. The van der Waals surface area contributed by atoms with E-state index < -0.39 is 23.8 Å². The molecule has 3 aromatic rings. The Balaban J connectivity index is 1.75. The Kier molecular flexibility index (Phi) is 5.50. The van der Waals surface area contributed by atoms with Gasteiger partial charge in [-0.25, -0.2) is 9.97 Å². The molecule has 28 heavy (non-hydrogen) atoms. The number of halogens is 3. The number of nitrogens with one attached hydrogen (secondary N) is 1. The van der Waals surface area contributed by atoms with Crippen molar-refractivity contribution in [2.45, 2.75) is 11.2 Å². The van der Waals surface area contributed by atoms with Crippen molar-refractivity contribution in [2.75, 3.05) is 11.1 Å². The third-order valence-electron chi connectivity index (χ3n) is 3.61. The van der Waals surface area contributed by atoms with Crippen LogP contribution in [0.1, 0.15) is 16.2 Å². The Morgan fingerprint density at radius 1 is 1.04 bits per heavy atom. The van der Waals surface area contributed by atoms with Crippen molar-refractivity contribution in [3.63, 3.8) is 0 Å². The first-order chi connectivity index (χ1) is 13.2. The Morgan fingerprint density at radius 3 is 2.36 bits per heavy atom. The average molecular weight is 406 g/mol. The third-order valence-corrected chi connectivity index (χ3v) is 4.61. The number of hydrogen-bond donors (Lipinski definition) is 2. The number of carbonyl (C=O) groups excluding carboxylic acids is 2. The standard InChI is InChI=1S/C18H13F3N4O2S/c19-18(20,21)17-24-13-4-2-1-3-12(13)16(25-17)28-9-14(26)23-11-7-5-10(6-8-11)15(22)27/h1-8H,9H2,(H2,22,27)(H,23,26). The van der Waals surface area contributed by atoms with E-state index in [0.717, 1.165) is 11.8 Å². The second-order valence-corrected chi connectivity index (χ2v) is 6.61. The molecule has 0 radical (unpaired) electrons. The monoisotopic (exact) mass is 406 g/mol. The van der Waals surface area contributed by atoms with E-state index in [1.54, 1.807) is 18.2 Å². The molecule has 0 saturated heterocycles. The summed E-state index contributed by atoms with van der Waals surface area (Å²) in [7, 11) is 0. The van der Waals surface area contributed by atoms with Crippen LogP contribution in [0.4, 0.5) is 18.9 Å². The number of para-hydroxylation sites is 1. The van der Waals surface area contributed by atoms with Crippen molar-refractivity contribution in [2.24, 2.45) is 5.73 Å². The second-order valence-electron chi connectivity index (χ2n) is 5.65. The molecular weight excluding hydrogens is 393 g/mol. The van der Waals surface area contributed by atoms with Gasteiger partial charge in [0.15, 0.2) is 0 Å². The van der Waals surface area contributed by atoms with E-state index >= 15 is 0 Å². The van der Waals surface area contributed by atoms with Gasteiger partial charge in [0.1, 0.15) is 5.03 Å². The maximum atomic E-state index is 13.0. The van der Waals surface area contributed by atoms with Gasteiger partial charge < -0.3 is 11.1 Å². The lowest BCUT2D eigenvalue weighted by atomic mass is 10.2. The summed E-state index contributed by atoms with van der Waals surface area (Å²) in [6, 6.07) is 12.2. The highest BCUT2D eigenvalue weighted by Crippen LogP contribution is 2.32. The van der Waals surface area contributed by atoms with E-state index in [1.165, 1.54) is 30.3 Å². The van der Waals surface area contributed by atoms with Crippen molar-refractivity contribution in [3.05, 3.63) is 59.9 Å². The number of benzene rings is 2. The molecule has 10 heteroatoms. The van der Waals surface area contributed by atoms with E-state index in [1.807, 2.05) is 0 Å². The normalized spacial score (nSPS) is 11.4. The van der Waals surface area contributed by atoms with Gasteiger partial charge in [-0.3, -0.25) is 9.59 Å². The molecule has 3 N–H and O–H groups in total. The number of thioether (sulfide) groups is 1. The molecule has 0 fully saturated rings. The van der Waals surface area contributed by atoms with Crippen molar-refractivity contribution in [3.8, 4) is 0 Å². The molecule has 0 atom stereocenters. The topological polar surface area (TPSA) is 98.0 Å². The van der Waals surface area contributed by atoms with Crippen LogP contribution in [-0.4, -0.2) is 27.5 Å². The highest BCUT2D eigenvalue weighted by molar-refractivity contribution is 8.00. The van der Waals surface area contributed by atoms with Gasteiger partial charge in [0.05, 0.1) is 11.3 Å². The van der Waals surface area contributed by atoms with Gasteiger partial charge in [0.2, 0.25) is 17.6 Å². The predicted octanol–water partition coefficient (Wildman–Crippen LogP) is 3.48. The largest absolute Gasteiger partial charge is 0.451 e. The van der Waals surface area contributed by atoms with Crippen LogP contribution in [0.15, 0.2) is 53.6 Å². The van der Waals surface area contributed by atoms with E-state index in [2.05, 4.69) is 15.3 Å². The fraction of sp³-hybridized carbons (Fsp3) is 0.111. The summed E-state index contributed by atoms with van der Waals surface area (Å²) in [5, 5.41) is 3.09. The third kappa shape index (κ3) is 4.58. The predicted molar refractivity (Wildman–Crippen MR) is 98.9 cm³/mol. The SMILES string of the molecule is NC(=O)c1ccc(NC(=O)CSc2nc(C(F)(F)F)nc3ccccc23)cc1. The number of fused-ring (bicyclic) bond motifs is 1. The van der Waals surface area contributed by atoms with Crippen LogP contribution in [0, 0.1) is 0 Å². The molecule has 0 aliphatic rings. The maximum Gasteiger partial charge on any atom is 0.451 e. The molecule has 0 aliphatic heterocycles. The molecule has 3 rings (SSSR count). The molecule has 2 aromatic carbocycles. The smallest absolute Gasteiger partial charge is 0.366 e. The number of nitrogens with zero attached hydrogens (tertiary/aromatic N) is 2. The summed E-state index contributed by atoms with van der Waals surface area (Å²) in [5.74, 6) is -2.44. The number of primary amides is 1. The quantitative estimate of drug-likeness (QED) is 0.499. The number of nitrogens with two attached hydrogens (primary N) is 1. The highest BCUT2D eigenvalue weighted by Gasteiger charge is 2.35. The first kappa shape index (κ1) is 19.6. The van der Waals surface area contributed by atoms with Crippen molar-refractivity contribution in [1.29, 1.82) is 0 Å². The maximum absolute atomic E-state index is 13.0. The molecule has 1 heterocycles. The zero-order chi connectivity index (χ0) is 20.3. The summed E-state index contributed by atoms with van der Waals surface area (Å²) in [4.78, 5) is 30.3. The van der Waals surface area contributed by atoms with Crippen molar-refractivity contribution in [1.82, 2.24) is 9.97 Å². The van der Waals surface area contributed by atoms with Gasteiger partial charge in [0, 0.05) is 16.6 Å². The lowest BCUT2D eigenvalue weighted by molar-refractivity contribution is -0.145. The minimum atomic E-state index is -4.69. The molecule has 0 unspecified atom stereocenters. The van der Waals surface area contributed by atoms with Crippen LogP contribution in [-0.2, 0) is 11.0 Å². The van der Waals surface area contributed by atoms with Gasteiger partial charge >= 0.3 is 6.18 Å². The summed E-state index contributed by atoms with van der Waals surface area (Å²) in [6.45, 7) is 0. The van der Waals surface area contributed by atoms with Crippen LogP contribution in [0.2, 0.25) is 0 Å². The summed E-state index contributed by atoms with van der Waals surface area (Å²) < 4.78 is 39.1. The van der Waals surface area contributed by atoms with Crippen LogP contribution < -0.4 is 11.1 Å². The number of hydrogen-bond acceptors (Lipinski definition) is 5. The van der Waals surface area contributed by atoms with E-state index in [0.29, 0.717) is 16.6 Å². The first-order valence-corrected chi connectivity index (χ1v) is 8.89. The molecule has 0 spiro atoms. The molecule has 0 saturated carbocycles. The number of aromatic nitrogens is 2. The van der Waals surface area contributed by atoms with Gasteiger partial charge in [-0.05, 0) is 30.3 Å². The Labute approximate surface area is 161 Å². The number of anilines is 1. The number of rotatable bonds is 5. The van der Waals surface area contributed by atoms with Crippen LogP contribution in [0.25, 0.3) is 10.9 Å². The van der Waals surface area contributed by atoms with Crippen LogP contribution >= 0.6 is 11.8 Å². The lowest BCUT2D eigenvalue weighted by Gasteiger charge is -2.10. The minimum Gasteiger partial charge on any atom is -0.366 e. The Bertz CT molecular complexity index is 1040. The fourth-order valence-electron chi connectivity index (χ4n) is 2.33. The first-order valence-electron chi connectivity index (χ1n) is 7.90. The van der Waals surface area contributed by atoms with Gasteiger partial charge in [0.25, 0.3) is 0 Å². The lowest BCUT2D eigenvalue weighted by Crippen LogP contribution is -2.16. The molecular formula is C18H13F3N4O2S. The van der Waals surface area contributed by atoms with Crippen molar-refractivity contribution >= 4 is 40.2 Å². The molecule has 1 aromatic heterocycles. The summed E-state index contributed by atoms with van der Waals surface area (Å²) >= 11 is 0.878.